The average Bonchev–Trinajstić information content (AvgIpc) is 2.89. The molecule has 0 atom stereocenters. The second-order valence-electron chi connectivity index (χ2n) is 4.83. The molecule has 1 nitrogen and oxygen atoms in total. The van der Waals surface area contributed by atoms with Crippen LogP contribution >= 0.6 is 11.8 Å². The van der Waals surface area contributed by atoms with Gasteiger partial charge in [0, 0.05) is 16.2 Å². The van der Waals surface area contributed by atoms with Crippen LogP contribution in [0.2, 0.25) is 0 Å². The first kappa shape index (κ1) is 18.6. The Balaban J connectivity index is 3.01. The second-order valence-corrected chi connectivity index (χ2v) is 5.71. The molecular weight excluding hydrogens is 300 g/mol. The molecule has 0 bridgehead atoms. The van der Waals surface area contributed by atoms with Crippen molar-refractivity contribution < 1.29 is 8.78 Å². The van der Waals surface area contributed by atoms with Gasteiger partial charge in [0.2, 0.25) is 0 Å². The zero-order chi connectivity index (χ0) is 16.4. The highest BCUT2D eigenvalue weighted by molar-refractivity contribution is 8.02. The molecule has 0 heterocycles. The summed E-state index contributed by atoms with van der Waals surface area (Å²) in [5.74, 6) is 0. The van der Waals surface area contributed by atoms with Crippen LogP contribution in [0.5, 0.6) is 0 Å². The van der Waals surface area contributed by atoms with Gasteiger partial charge in [-0.2, -0.15) is 0 Å². The lowest BCUT2D eigenvalue weighted by Crippen LogP contribution is -1.99. The van der Waals surface area contributed by atoms with Gasteiger partial charge in [-0.05, 0) is 44.1 Å². The van der Waals surface area contributed by atoms with Crippen LogP contribution in [-0.2, 0) is 0 Å². The summed E-state index contributed by atoms with van der Waals surface area (Å²) >= 11 is 1.68. The molecule has 0 aliphatic heterocycles. The lowest BCUT2D eigenvalue weighted by molar-refractivity contribution is 0.558. The highest BCUT2D eigenvalue weighted by atomic mass is 32.2. The Morgan fingerprint density at radius 3 is 2.55 bits per heavy atom. The zero-order valence-electron chi connectivity index (χ0n) is 13.2. The first-order valence-electron chi connectivity index (χ1n) is 7.33. The van der Waals surface area contributed by atoms with Gasteiger partial charge in [0.15, 0.2) is 0 Å². The van der Waals surface area contributed by atoms with Crippen molar-refractivity contribution in [3.63, 3.8) is 0 Å². The number of halogens is 2. The van der Waals surface area contributed by atoms with Gasteiger partial charge in [-0.15, -0.1) is 11.8 Å². The molecule has 0 aromatic heterocycles. The van der Waals surface area contributed by atoms with Crippen LogP contribution in [0.15, 0.2) is 58.1 Å². The molecule has 0 fully saturated rings. The van der Waals surface area contributed by atoms with Gasteiger partial charge in [0.1, 0.15) is 13.3 Å². The van der Waals surface area contributed by atoms with E-state index in [0.29, 0.717) is 17.7 Å². The third kappa shape index (κ3) is 5.41. The van der Waals surface area contributed by atoms with Crippen LogP contribution in [0.1, 0.15) is 26.2 Å². The number of hydrogen-bond acceptors (Lipinski definition) is 2. The molecule has 0 unspecified atom stereocenters. The van der Waals surface area contributed by atoms with E-state index in [0.717, 1.165) is 24.0 Å². The molecule has 1 rings (SSSR count). The standard InChI is InChI=1S/C18H23F2NS/c1-3-16(22-2)8-4-6-14-9-10-17(21)18(14)15(11-13-20)7-5-12-19/h3-5,7-8,11,21H,6,9-10,12-13H2,1-2H3/b7-5-,8-4-,15-11+,16-3+,21-17?. The van der Waals surface area contributed by atoms with E-state index >= 15 is 0 Å². The summed E-state index contributed by atoms with van der Waals surface area (Å²) in [6.07, 6.45) is 14.8. The highest BCUT2D eigenvalue weighted by Crippen LogP contribution is 2.32. The lowest BCUT2D eigenvalue weighted by Gasteiger charge is -2.07. The Bertz CT molecular complexity index is 539. The molecule has 0 saturated carbocycles. The minimum absolute atomic E-state index is 0.516. The Kier molecular flexibility index (Phi) is 8.75. The van der Waals surface area contributed by atoms with Crippen molar-refractivity contribution in [2.75, 3.05) is 19.6 Å². The number of nitrogens with one attached hydrogen (secondary N) is 1. The van der Waals surface area contributed by atoms with Crippen LogP contribution in [0.3, 0.4) is 0 Å². The summed E-state index contributed by atoms with van der Waals surface area (Å²) in [4.78, 5) is 1.19. The Morgan fingerprint density at radius 1 is 1.18 bits per heavy atom. The van der Waals surface area contributed by atoms with Crippen molar-refractivity contribution in [3.8, 4) is 0 Å². The van der Waals surface area contributed by atoms with Crippen LogP contribution < -0.4 is 0 Å². The number of rotatable bonds is 8. The summed E-state index contributed by atoms with van der Waals surface area (Å²) < 4.78 is 25.1. The van der Waals surface area contributed by atoms with Gasteiger partial charge in [0.05, 0.1) is 0 Å². The van der Waals surface area contributed by atoms with Crippen LogP contribution in [-0.4, -0.2) is 25.3 Å². The van der Waals surface area contributed by atoms with Crippen molar-refractivity contribution in [1.82, 2.24) is 0 Å². The molecule has 22 heavy (non-hydrogen) atoms. The quantitative estimate of drug-likeness (QED) is 0.566. The molecule has 1 N–H and O–H groups in total. The van der Waals surface area contributed by atoms with E-state index in [1.807, 2.05) is 19.3 Å². The summed E-state index contributed by atoms with van der Waals surface area (Å²) in [7, 11) is 0. The summed E-state index contributed by atoms with van der Waals surface area (Å²) in [5.41, 5.74) is 3.06. The van der Waals surface area contributed by atoms with E-state index in [9.17, 15) is 8.78 Å². The minimum atomic E-state index is -0.610. The van der Waals surface area contributed by atoms with E-state index in [1.165, 1.54) is 17.1 Å². The predicted octanol–water partition coefficient (Wildman–Crippen LogP) is 5.73. The molecule has 0 amide bonds. The van der Waals surface area contributed by atoms with Gasteiger partial charge in [0.25, 0.3) is 0 Å². The van der Waals surface area contributed by atoms with Crippen LogP contribution in [0, 0.1) is 5.41 Å². The van der Waals surface area contributed by atoms with Crippen molar-refractivity contribution in [2.24, 2.45) is 0 Å². The maximum atomic E-state index is 12.7. The maximum absolute atomic E-state index is 12.7. The number of alkyl halides is 2. The third-order valence-corrected chi connectivity index (χ3v) is 4.31. The lowest BCUT2D eigenvalue weighted by atomic mass is 9.98. The van der Waals surface area contributed by atoms with E-state index in [2.05, 4.69) is 12.2 Å². The molecule has 0 saturated heterocycles. The fraction of sp³-hybridized carbons (Fsp3) is 0.389. The first-order valence-corrected chi connectivity index (χ1v) is 8.56. The van der Waals surface area contributed by atoms with Crippen LogP contribution in [0.4, 0.5) is 8.78 Å². The van der Waals surface area contributed by atoms with Gasteiger partial charge in [-0.25, -0.2) is 8.78 Å². The highest BCUT2D eigenvalue weighted by Gasteiger charge is 2.20. The van der Waals surface area contributed by atoms with Crippen molar-refractivity contribution in [3.05, 3.63) is 58.1 Å². The van der Waals surface area contributed by atoms with E-state index in [-0.39, 0.29) is 0 Å². The fourth-order valence-corrected chi connectivity index (χ4v) is 2.90. The molecule has 0 aromatic rings. The summed E-state index contributed by atoms with van der Waals surface area (Å²) in [6, 6.07) is 0. The molecular formula is C18H23F2NS. The summed E-state index contributed by atoms with van der Waals surface area (Å²) in [6.45, 7) is 0.800. The fourth-order valence-electron chi connectivity index (χ4n) is 2.43. The van der Waals surface area contributed by atoms with E-state index in [1.54, 1.807) is 17.8 Å². The normalized spacial score (nSPS) is 17.5. The Morgan fingerprint density at radius 2 is 1.95 bits per heavy atom. The first-order chi connectivity index (χ1) is 10.7. The minimum Gasteiger partial charge on any atom is -0.305 e. The number of hydrogen-bond donors (Lipinski definition) is 1. The van der Waals surface area contributed by atoms with Crippen molar-refractivity contribution >= 4 is 17.5 Å². The predicted molar refractivity (Wildman–Crippen MR) is 94.2 cm³/mol. The average molecular weight is 323 g/mol. The molecule has 0 radical (unpaired) electrons. The van der Waals surface area contributed by atoms with Gasteiger partial charge in [-0.3, -0.25) is 0 Å². The largest absolute Gasteiger partial charge is 0.305 e. The number of allylic oxidation sites excluding steroid dienone is 9. The molecule has 0 spiro atoms. The third-order valence-electron chi connectivity index (χ3n) is 3.47. The Labute approximate surface area is 136 Å². The SMILES string of the molecule is C/C=C(\C=C/CC1=C(C(/C=C\CF)=C/CF)C(=N)CC1)SC. The van der Waals surface area contributed by atoms with Crippen molar-refractivity contribution in [2.45, 2.75) is 26.2 Å². The smallest absolute Gasteiger partial charge is 0.108 e. The zero-order valence-corrected chi connectivity index (χ0v) is 14.0. The number of thioether (sulfide) groups is 1. The van der Waals surface area contributed by atoms with E-state index < -0.39 is 13.3 Å². The molecule has 1 aliphatic carbocycles. The van der Waals surface area contributed by atoms with Gasteiger partial charge in [-0.1, -0.05) is 36.0 Å². The monoisotopic (exact) mass is 323 g/mol. The van der Waals surface area contributed by atoms with Crippen molar-refractivity contribution in [1.29, 1.82) is 5.41 Å². The van der Waals surface area contributed by atoms with Gasteiger partial charge >= 0.3 is 0 Å². The second kappa shape index (κ2) is 10.3. The molecule has 4 heteroatoms. The van der Waals surface area contributed by atoms with Gasteiger partial charge < -0.3 is 5.41 Å². The maximum Gasteiger partial charge on any atom is 0.108 e. The topological polar surface area (TPSA) is 23.9 Å². The summed E-state index contributed by atoms with van der Waals surface area (Å²) in [5, 5.41) is 8.08. The molecule has 1 aliphatic rings. The molecule has 120 valence electrons. The van der Waals surface area contributed by atoms with E-state index in [4.69, 9.17) is 5.41 Å². The molecule has 0 aromatic carbocycles. The Hall–Kier alpha value is -1.42. The van der Waals surface area contributed by atoms with Crippen LogP contribution in [0.25, 0.3) is 0 Å².